The zero-order chi connectivity index (χ0) is 18.9. The number of benzene rings is 2. The summed E-state index contributed by atoms with van der Waals surface area (Å²) in [5, 5.41) is 11.1. The number of amides is 1. The lowest BCUT2D eigenvalue weighted by Gasteiger charge is -2.13. The van der Waals surface area contributed by atoms with Crippen LogP contribution in [0.4, 0.5) is 0 Å². The van der Waals surface area contributed by atoms with Crippen LogP contribution < -0.4 is 14.8 Å². The highest BCUT2D eigenvalue weighted by Crippen LogP contribution is 2.23. The summed E-state index contributed by atoms with van der Waals surface area (Å²) in [6, 6.07) is 13.5. The number of hydrogen-bond donors (Lipinski definition) is 1. The molecule has 0 unspecified atom stereocenters. The molecular formula is C21H24N2O3. The molecule has 0 atom stereocenters. The van der Waals surface area contributed by atoms with Gasteiger partial charge in [-0.15, -0.1) is 0 Å². The van der Waals surface area contributed by atoms with Crippen LogP contribution in [0.5, 0.6) is 11.5 Å². The molecule has 0 bridgehead atoms. The van der Waals surface area contributed by atoms with Crippen LogP contribution in [0.25, 0.3) is 0 Å². The van der Waals surface area contributed by atoms with E-state index in [4.69, 9.17) is 14.7 Å². The van der Waals surface area contributed by atoms with Gasteiger partial charge in [-0.1, -0.05) is 18.2 Å². The molecule has 0 fully saturated rings. The summed E-state index contributed by atoms with van der Waals surface area (Å²) in [7, 11) is 0. The summed E-state index contributed by atoms with van der Waals surface area (Å²) >= 11 is 0. The highest BCUT2D eigenvalue weighted by molar-refractivity contribution is 5.77. The quantitative estimate of drug-likeness (QED) is 0.737. The number of carbonyl (C=O) groups is 1. The number of nitrogens with one attached hydrogen (secondary N) is 1. The van der Waals surface area contributed by atoms with Gasteiger partial charge in [0.15, 0.2) is 0 Å². The van der Waals surface area contributed by atoms with Gasteiger partial charge in [0.2, 0.25) is 5.91 Å². The van der Waals surface area contributed by atoms with E-state index >= 15 is 0 Å². The molecule has 1 amide bonds. The van der Waals surface area contributed by atoms with Gasteiger partial charge in [-0.2, -0.15) is 5.26 Å². The van der Waals surface area contributed by atoms with E-state index in [0.29, 0.717) is 19.8 Å². The number of ether oxygens (including phenoxy) is 2. The van der Waals surface area contributed by atoms with Gasteiger partial charge in [0.05, 0.1) is 6.07 Å². The van der Waals surface area contributed by atoms with Crippen LogP contribution in [0.15, 0.2) is 36.4 Å². The average Bonchev–Trinajstić information content (AvgIpc) is 2.62. The molecule has 0 heterocycles. The summed E-state index contributed by atoms with van der Waals surface area (Å²) in [4.78, 5) is 11.3. The molecule has 0 aliphatic carbocycles. The van der Waals surface area contributed by atoms with Crippen LogP contribution in [0, 0.1) is 32.1 Å². The zero-order valence-corrected chi connectivity index (χ0v) is 15.5. The van der Waals surface area contributed by atoms with Gasteiger partial charge in [-0.05, 0) is 61.2 Å². The van der Waals surface area contributed by atoms with Crippen molar-refractivity contribution in [3.05, 3.63) is 58.7 Å². The van der Waals surface area contributed by atoms with E-state index in [1.807, 2.05) is 36.4 Å². The van der Waals surface area contributed by atoms with Crippen LogP contribution in [-0.2, 0) is 11.3 Å². The van der Waals surface area contributed by atoms with E-state index in [-0.39, 0.29) is 12.3 Å². The van der Waals surface area contributed by atoms with Gasteiger partial charge in [-0.25, -0.2) is 0 Å². The van der Waals surface area contributed by atoms with Crippen molar-refractivity contribution in [1.82, 2.24) is 5.32 Å². The van der Waals surface area contributed by atoms with Gasteiger partial charge in [0, 0.05) is 6.54 Å². The Morgan fingerprint density at radius 1 is 1.08 bits per heavy atom. The molecule has 0 aliphatic heterocycles. The van der Waals surface area contributed by atoms with E-state index in [0.717, 1.165) is 22.6 Å². The monoisotopic (exact) mass is 352 g/mol. The lowest BCUT2D eigenvalue weighted by molar-refractivity contribution is -0.120. The molecule has 0 saturated heterocycles. The van der Waals surface area contributed by atoms with Gasteiger partial charge >= 0.3 is 0 Å². The van der Waals surface area contributed by atoms with Crippen LogP contribution in [0.1, 0.15) is 28.7 Å². The molecule has 0 saturated carbocycles. The Balaban J connectivity index is 1.76. The molecule has 0 aromatic heterocycles. The van der Waals surface area contributed by atoms with E-state index in [2.05, 4.69) is 32.2 Å². The minimum atomic E-state index is -0.272. The predicted octanol–water partition coefficient (Wildman–Crippen LogP) is 3.60. The Morgan fingerprint density at radius 2 is 1.77 bits per heavy atom. The van der Waals surface area contributed by atoms with Crippen molar-refractivity contribution in [2.24, 2.45) is 0 Å². The number of carbonyl (C=O) groups excluding carboxylic acids is 1. The minimum Gasteiger partial charge on any atom is -0.490 e. The van der Waals surface area contributed by atoms with Gasteiger partial charge in [-0.3, -0.25) is 4.79 Å². The third kappa shape index (κ3) is 5.82. The molecule has 26 heavy (non-hydrogen) atoms. The first-order chi connectivity index (χ1) is 12.5. The largest absolute Gasteiger partial charge is 0.490 e. The van der Waals surface area contributed by atoms with Crippen molar-refractivity contribution in [2.45, 2.75) is 33.7 Å². The molecule has 2 aromatic rings. The summed E-state index contributed by atoms with van der Waals surface area (Å²) in [6.45, 7) is 7.51. The normalized spacial score (nSPS) is 10.1. The Kier molecular flexibility index (Phi) is 7.04. The first kappa shape index (κ1) is 19.3. The number of hydrogen-bond acceptors (Lipinski definition) is 4. The van der Waals surface area contributed by atoms with E-state index < -0.39 is 0 Å². The van der Waals surface area contributed by atoms with E-state index in [1.165, 1.54) is 11.1 Å². The maximum atomic E-state index is 11.3. The van der Waals surface area contributed by atoms with Crippen molar-refractivity contribution < 1.29 is 14.3 Å². The number of aryl methyl sites for hydroxylation is 2. The van der Waals surface area contributed by atoms with Crippen LogP contribution in [0.2, 0.25) is 0 Å². The molecule has 5 heteroatoms. The molecule has 0 aliphatic rings. The first-order valence-corrected chi connectivity index (χ1v) is 8.55. The Morgan fingerprint density at radius 3 is 2.46 bits per heavy atom. The second-order valence-electron chi connectivity index (χ2n) is 6.16. The van der Waals surface area contributed by atoms with E-state index in [9.17, 15) is 4.79 Å². The Hall–Kier alpha value is -3.00. The van der Waals surface area contributed by atoms with Gasteiger partial charge in [0.25, 0.3) is 0 Å². The van der Waals surface area contributed by atoms with Gasteiger partial charge < -0.3 is 14.8 Å². The maximum absolute atomic E-state index is 11.3. The highest BCUT2D eigenvalue weighted by Gasteiger charge is 2.04. The van der Waals surface area contributed by atoms with Gasteiger partial charge in [0.1, 0.15) is 31.1 Å². The SMILES string of the molecule is Cc1cc(C)c(C)c(OCCOc2ccc(CNC(=O)CC#N)cc2)c1. The average molecular weight is 352 g/mol. The van der Waals surface area contributed by atoms with Crippen molar-refractivity contribution in [2.75, 3.05) is 13.2 Å². The van der Waals surface area contributed by atoms with Crippen LogP contribution in [0.3, 0.4) is 0 Å². The third-order valence-electron chi connectivity index (χ3n) is 4.03. The lowest BCUT2D eigenvalue weighted by atomic mass is 10.1. The van der Waals surface area contributed by atoms with Crippen molar-refractivity contribution in [3.8, 4) is 17.6 Å². The number of nitrogens with zero attached hydrogens (tertiary/aromatic N) is 1. The van der Waals surface area contributed by atoms with Crippen molar-refractivity contribution >= 4 is 5.91 Å². The summed E-state index contributed by atoms with van der Waals surface area (Å²) in [6.07, 6.45) is -0.124. The third-order valence-corrected chi connectivity index (χ3v) is 4.03. The molecular weight excluding hydrogens is 328 g/mol. The lowest BCUT2D eigenvalue weighted by Crippen LogP contribution is -2.21. The fourth-order valence-electron chi connectivity index (χ4n) is 2.50. The maximum Gasteiger partial charge on any atom is 0.234 e. The molecule has 2 aromatic carbocycles. The highest BCUT2D eigenvalue weighted by atomic mass is 16.5. The molecule has 136 valence electrons. The topological polar surface area (TPSA) is 71.3 Å². The second-order valence-corrected chi connectivity index (χ2v) is 6.16. The fourth-order valence-corrected chi connectivity index (χ4v) is 2.50. The minimum absolute atomic E-state index is 0.124. The van der Waals surface area contributed by atoms with Crippen molar-refractivity contribution in [3.63, 3.8) is 0 Å². The predicted molar refractivity (Wildman–Crippen MR) is 100 cm³/mol. The molecule has 2 rings (SSSR count). The Bertz CT molecular complexity index is 792. The number of rotatable bonds is 8. The van der Waals surface area contributed by atoms with Crippen LogP contribution in [-0.4, -0.2) is 19.1 Å². The first-order valence-electron chi connectivity index (χ1n) is 8.55. The fraction of sp³-hybridized carbons (Fsp3) is 0.333. The second kappa shape index (κ2) is 9.47. The van der Waals surface area contributed by atoms with E-state index in [1.54, 1.807) is 0 Å². The van der Waals surface area contributed by atoms with Crippen LogP contribution >= 0.6 is 0 Å². The molecule has 0 radical (unpaired) electrons. The summed E-state index contributed by atoms with van der Waals surface area (Å²) < 4.78 is 11.5. The smallest absolute Gasteiger partial charge is 0.234 e. The zero-order valence-electron chi connectivity index (χ0n) is 15.5. The Labute approximate surface area is 154 Å². The summed E-state index contributed by atoms with van der Waals surface area (Å²) in [5.74, 6) is 1.37. The standard InChI is InChI=1S/C21H24N2O3/c1-15-12-16(2)17(3)20(13-15)26-11-10-25-19-6-4-18(5-7-19)14-23-21(24)8-9-22/h4-7,12-13H,8,10-11,14H2,1-3H3,(H,23,24). The summed E-state index contributed by atoms with van der Waals surface area (Å²) in [5.41, 5.74) is 4.50. The molecule has 1 N–H and O–H groups in total. The van der Waals surface area contributed by atoms with Crippen molar-refractivity contribution in [1.29, 1.82) is 5.26 Å². The molecule has 0 spiro atoms. The number of nitriles is 1. The molecule has 5 nitrogen and oxygen atoms in total.